The number of carbonyl (C=O) groups excluding carboxylic acids is 1. The minimum atomic E-state index is -0.953. The standard InChI is InChI=1S/C11H14N4O3/c1-6-12-11(15-14-6)13-9(16)7-4-2-3-5-8(7)10(17)18/h2-3,7-8H,4-5H2,1H3,(H,17,18)(H2,12,13,14,15,16). The molecule has 0 radical (unpaired) electrons. The van der Waals surface area contributed by atoms with E-state index in [1.807, 2.05) is 6.08 Å². The predicted molar refractivity (Wildman–Crippen MR) is 62.7 cm³/mol. The van der Waals surface area contributed by atoms with Crippen LogP contribution in [0.2, 0.25) is 0 Å². The summed E-state index contributed by atoms with van der Waals surface area (Å²) in [5.74, 6) is -1.81. The molecule has 1 aliphatic rings. The van der Waals surface area contributed by atoms with Crippen LogP contribution >= 0.6 is 0 Å². The molecule has 2 rings (SSSR count). The molecule has 1 aromatic heterocycles. The number of aromatic nitrogens is 3. The smallest absolute Gasteiger partial charge is 0.307 e. The second-order valence-corrected chi connectivity index (χ2v) is 4.23. The van der Waals surface area contributed by atoms with Gasteiger partial charge in [0.25, 0.3) is 0 Å². The van der Waals surface area contributed by atoms with E-state index >= 15 is 0 Å². The first-order chi connectivity index (χ1) is 8.58. The van der Waals surface area contributed by atoms with Gasteiger partial charge in [-0.05, 0) is 19.8 Å². The lowest BCUT2D eigenvalue weighted by Crippen LogP contribution is -2.35. The van der Waals surface area contributed by atoms with Crippen LogP contribution in [0, 0.1) is 18.8 Å². The quantitative estimate of drug-likeness (QED) is 0.685. The highest BCUT2D eigenvalue weighted by atomic mass is 16.4. The molecule has 2 unspecified atom stereocenters. The maximum Gasteiger partial charge on any atom is 0.307 e. The third-order valence-electron chi connectivity index (χ3n) is 2.92. The Morgan fingerprint density at radius 2 is 2.06 bits per heavy atom. The molecule has 1 aliphatic carbocycles. The number of rotatable bonds is 3. The highest BCUT2D eigenvalue weighted by Gasteiger charge is 2.34. The Hall–Kier alpha value is -2.18. The number of anilines is 1. The fourth-order valence-electron chi connectivity index (χ4n) is 1.98. The van der Waals surface area contributed by atoms with Crippen molar-refractivity contribution in [3.63, 3.8) is 0 Å². The Kier molecular flexibility index (Phi) is 3.40. The van der Waals surface area contributed by atoms with E-state index in [4.69, 9.17) is 5.11 Å². The SMILES string of the molecule is Cc1nc(NC(=O)C2CC=CCC2C(=O)O)n[nH]1. The highest BCUT2D eigenvalue weighted by molar-refractivity contribution is 5.94. The zero-order valence-electron chi connectivity index (χ0n) is 9.88. The van der Waals surface area contributed by atoms with E-state index in [0.717, 1.165) is 0 Å². The lowest BCUT2D eigenvalue weighted by atomic mass is 9.82. The number of H-pyrrole nitrogens is 1. The summed E-state index contributed by atoms with van der Waals surface area (Å²) in [4.78, 5) is 27.0. The molecular weight excluding hydrogens is 236 g/mol. The number of amides is 1. The minimum absolute atomic E-state index is 0.177. The van der Waals surface area contributed by atoms with Gasteiger partial charge < -0.3 is 5.11 Å². The maximum absolute atomic E-state index is 12.0. The summed E-state index contributed by atoms with van der Waals surface area (Å²) >= 11 is 0. The molecule has 7 heteroatoms. The molecule has 0 saturated carbocycles. The molecule has 0 fully saturated rings. The van der Waals surface area contributed by atoms with Gasteiger partial charge in [-0.15, -0.1) is 5.10 Å². The van der Waals surface area contributed by atoms with E-state index in [0.29, 0.717) is 18.7 Å². The number of carboxylic acids is 1. The van der Waals surface area contributed by atoms with Gasteiger partial charge in [0, 0.05) is 0 Å². The van der Waals surface area contributed by atoms with Crippen LogP contribution in [-0.4, -0.2) is 32.2 Å². The lowest BCUT2D eigenvalue weighted by Gasteiger charge is -2.23. The zero-order valence-corrected chi connectivity index (χ0v) is 9.88. The molecule has 2 atom stereocenters. The lowest BCUT2D eigenvalue weighted by molar-refractivity contribution is -0.146. The van der Waals surface area contributed by atoms with E-state index in [9.17, 15) is 9.59 Å². The molecule has 0 aliphatic heterocycles. The van der Waals surface area contributed by atoms with Crippen molar-refractivity contribution in [1.29, 1.82) is 0 Å². The number of allylic oxidation sites excluding steroid dienone is 2. The number of carboxylic acid groups (broad SMARTS) is 1. The van der Waals surface area contributed by atoms with Gasteiger partial charge in [0.15, 0.2) is 0 Å². The van der Waals surface area contributed by atoms with Crippen LogP contribution in [0.1, 0.15) is 18.7 Å². The molecule has 0 bridgehead atoms. The van der Waals surface area contributed by atoms with Gasteiger partial charge in [-0.25, -0.2) is 0 Å². The molecule has 3 N–H and O–H groups in total. The first-order valence-electron chi connectivity index (χ1n) is 5.65. The molecule has 1 amide bonds. The fraction of sp³-hybridized carbons (Fsp3) is 0.455. The molecule has 0 saturated heterocycles. The third-order valence-corrected chi connectivity index (χ3v) is 2.92. The van der Waals surface area contributed by atoms with Gasteiger partial charge in [-0.1, -0.05) is 12.2 Å². The molecular formula is C11H14N4O3. The predicted octanol–water partition coefficient (Wildman–Crippen LogP) is 0.719. The third kappa shape index (κ3) is 2.55. The van der Waals surface area contributed by atoms with Crippen LogP contribution in [0.3, 0.4) is 0 Å². The Balaban J connectivity index is 2.07. The fourth-order valence-corrected chi connectivity index (χ4v) is 1.98. The van der Waals surface area contributed by atoms with Gasteiger partial charge in [0.05, 0.1) is 11.8 Å². The van der Waals surface area contributed by atoms with Crippen LogP contribution in [0.15, 0.2) is 12.2 Å². The van der Waals surface area contributed by atoms with Gasteiger partial charge in [0.1, 0.15) is 5.82 Å². The summed E-state index contributed by atoms with van der Waals surface area (Å²) < 4.78 is 0. The second-order valence-electron chi connectivity index (χ2n) is 4.23. The average molecular weight is 250 g/mol. The van der Waals surface area contributed by atoms with Crippen molar-refractivity contribution >= 4 is 17.8 Å². The number of nitrogens with one attached hydrogen (secondary N) is 2. The molecule has 96 valence electrons. The van der Waals surface area contributed by atoms with Gasteiger partial charge >= 0.3 is 5.97 Å². The van der Waals surface area contributed by atoms with E-state index in [-0.39, 0.29) is 11.9 Å². The van der Waals surface area contributed by atoms with Gasteiger partial charge in [-0.3, -0.25) is 20.0 Å². The Morgan fingerprint density at radius 1 is 1.39 bits per heavy atom. The van der Waals surface area contributed by atoms with Crippen LogP contribution < -0.4 is 5.32 Å². The van der Waals surface area contributed by atoms with Crippen LogP contribution in [-0.2, 0) is 9.59 Å². The van der Waals surface area contributed by atoms with Crippen LogP contribution in [0.5, 0.6) is 0 Å². The highest BCUT2D eigenvalue weighted by Crippen LogP contribution is 2.26. The zero-order chi connectivity index (χ0) is 13.1. The van der Waals surface area contributed by atoms with Gasteiger partial charge in [-0.2, -0.15) is 4.98 Å². The number of hydrogen-bond donors (Lipinski definition) is 3. The number of aromatic amines is 1. The van der Waals surface area contributed by atoms with E-state index in [1.165, 1.54) is 0 Å². The second kappa shape index (κ2) is 4.99. The molecule has 7 nitrogen and oxygen atoms in total. The number of nitrogens with zero attached hydrogens (tertiary/aromatic N) is 2. The first kappa shape index (κ1) is 12.3. The number of aliphatic carboxylic acids is 1. The van der Waals surface area contributed by atoms with Crippen molar-refractivity contribution in [2.24, 2.45) is 11.8 Å². The van der Waals surface area contributed by atoms with E-state index in [2.05, 4.69) is 20.5 Å². The minimum Gasteiger partial charge on any atom is -0.481 e. The Morgan fingerprint density at radius 3 is 2.61 bits per heavy atom. The number of aryl methyl sites for hydroxylation is 1. The van der Waals surface area contributed by atoms with Crippen molar-refractivity contribution in [3.8, 4) is 0 Å². The average Bonchev–Trinajstić information content (AvgIpc) is 2.74. The van der Waals surface area contributed by atoms with Crippen molar-refractivity contribution < 1.29 is 14.7 Å². The molecule has 18 heavy (non-hydrogen) atoms. The molecule has 1 aromatic rings. The Labute approximate surface area is 103 Å². The van der Waals surface area contributed by atoms with E-state index < -0.39 is 17.8 Å². The summed E-state index contributed by atoms with van der Waals surface area (Å²) in [5.41, 5.74) is 0. The monoisotopic (exact) mass is 250 g/mol. The number of hydrogen-bond acceptors (Lipinski definition) is 4. The summed E-state index contributed by atoms with van der Waals surface area (Å²) in [6.45, 7) is 1.71. The van der Waals surface area contributed by atoms with Crippen molar-refractivity contribution in [2.75, 3.05) is 5.32 Å². The van der Waals surface area contributed by atoms with Crippen molar-refractivity contribution in [2.45, 2.75) is 19.8 Å². The van der Waals surface area contributed by atoms with E-state index in [1.54, 1.807) is 13.0 Å². The van der Waals surface area contributed by atoms with Crippen molar-refractivity contribution in [3.05, 3.63) is 18.0 Å². The Bertz CT molecular complexity index is 494. The number of carbonyl (C=O) groups is 2. The summed E-state index contributed by atoms with van der Waals surface area (Å²) in [5, 5.41) is 18.0. The topological polar surface area (TPSA) is 108 Å². The normalized spacial score (nSPS) is 22.7. The summed E-state index contributed by atoms with van der Waals surface area (Å²) in [6, 6.07) is 0. The molecule has 0 aromatic carbocycles. The van der Waals surface area contributed by atoms with Crippen LogP contribution in [0.25, 0.3) is 0 Å². The maximum atomic E-state index is 12.0. The molecule has 1 heterocycles. The first-order valence-corrected chi connectivity index (χ1v) is 5.65. The largest absolute Gasteiger partial charge is 0.481 e. The van der Waals surface area contributed by atoms with Crippen LogP contribution in [0.4, 0.5) is 5.95 Å². The molecule has 0 spiro atoms. The summed E-state index contributed by atoms with van der Waals surface area (Å²) in [7, 11) is 0. The van der Waals surface area contributed by atoms with Crippen molar-refractivity contribution in [1.82, 2.24) is 15.2 Å². The summed E-state index contributed by atoms with van der Waals surface area (Å²) in [6.07, 6.45) is 4.42. The van der Waals surface area contributed by atoms with Gasteiger partial charge in [0.2, 0.25) is 11.9 Å².